The molecule has 3 rings (SSSR count). The minimum atomic E-state index is -0.617. The summed E-state index contributed by atoms with van der Waals surface area (Å²) in [6, 6.07) is 18.4. The highest BCUT2D eigenvalue weighted by atomic mass is 35.5. The Morgan fingerprint density at radius 2 is 2.03 bits per heavy atom. The van der Waals surface area contributed by atoms with E-state index in [4.69, 9.17) is 16.3 Å². The molecule has 0 aliphatic carbocycles. The topological polar surface area (TPSA) is 91.2 Å². The molecular weight excluding hydrogens is 458 g/mol. The zero-order chi connectivity index (χ0) is 23.8. The number of halogens is 1. The van der Waals surface area contributed by atoms with Crippen LogP contribution in [0.5, 0.6) is 0 Å². The van der Waals surface area contributed by atoms with Gasteiger partial charge in [-0.15, -0.1) is 0 Å². The van der Waals surface area contributed by atoms with Crippen LogP contribution in [0.25, 0.3) is 0 Å². The number of amides is 1. The number of carbonyl (C=O) groups excluding carboxylic acids is 2. The number of hydrogen-bond donors (Lipinski definition) is 2. The van der Waals surface area contributed by atoms with Crippen molar-refractivity contribution >= 4 is 40.9 Å². The second-order valence-corrected chi connectivity index (χ2v) is 8.52. The van der Waals surface area contributed by atoms with Gasteiger partial charge in [0.25, 0.3) is 0 Å². The normalized spacial score (nSPS) is 15.4. The third kappa shape index (κ3) is 6.07. The van der Waals surface area contributed by atoms with Crippen LogP contribution >= 0.6 is 23.4 Å². The average molecular weight is 480 g/mol. The Kier molecular flexibility index (Phi) is 8.36. The monoisotopic (exact) mass is 479 g/mol. The van der Waals surface area contributed by atoms with Gasteiger partial charge in [-0.1, -0.05) is 72.4 Å². The van der Waals surface area contributed by atoms with Gasteiger partial charge < -0.3 is 15.4 Å². The maximum absolute atomic E-state index is 12.8. The fourth-order valence-electron chi connectivity index (χ4n) is 3.39. The molecule has 1 unspecified atom stereocenters. The number of nitriles is 1. The molecule has 2 aromatic carbocycles. The molecular formula is C25H22ClN3O3S. The zero-order valence-corrected chi connectivity index (χ0v) is 19.5. The van der Waals surface area contributed by atoms with E-state index in [9.17, 15) is 14.9 Å². The van der Waals surface area contributed by atoms with Crippen molar-refractivity contribution in [3.63, 3.8) is 0 Å². The summed E-state index contributed by atoms with van der Waals surface area (Å²) < 4.78 is 5.29. The molecule has 0 radical (unpaired) electrons. The first-order valence-electron chi connectivity index (χ1n) is 10.1. The van der Waals surface area contributed by atoms with Gasteiger partial charge in [-0.05, 0) is 30.7 Å². The van der Waals surface area contributed by atoms with E-state index in [0.29, 0.717) is 32.6 Å². The van der Waals surface area contributed by atoms with Crippen LogP contribution in [0.1, 0.15) is 18.4 Å². The number of nitrogens with one attached hydrogen (secondary N) is 2. The number of rotatable bonds is 8. The summed E-state index contributed by atoms with van der Waals surface area (Å²) in [6.45, 7) is 5.39. The second kappa shape index (κ2) is 11.4. The number of carbonyl (C=O) groups is 2. The van der Waals surface area contributed by atoms with Crippen LogP contribution in [-0.2, 0) is 14.3 Å². The predicted octanol–water partition coefficient (Wildman–Crippen LogP) is 5.14. The largest absolute Gasteiger partial charge is 0.458 e. The fourth-order valence-corrected chi connectivity index (χ4v) is 4.47. The van der Waals surface area contributed by atoms with Crippen molar-refractivity contribution in [1.29, 1.82) is 5.26 Å². The van der Waals surface area contributed by atoms with Gasteiger partial charge in [-0.25, -0.2) is 4.79 Å². The SMILES string of the molecule is C=CCOC(=O)C1=C(C)NC(SCC(=O)Nc2cccc(Cl)c2)=C(C#N)C1c1ccccc1. The molecule has 0 saturated carbocycles. The van der Waals surface area contributed by atoms with E-state index in [-0.39, 0.29) is 18.3 Å². The molecule has 0 bridgehead atoms. The average Bonchev–Trinajstić information content (AvgIpc) is 2.81. The van der Waals surface area contributed by atoms with Crippen LogP contribution < -0.4 is 10.6 Å². The van der Waals surface area contributed by atoms with E-state index in [1.165, 1.54) is 17.8 Å². The van der Waals surface area contributed by atoms with Gasteiger partial charge in [0, 0.05) is 16.4 Å². The Labute approximate surface area is 202 Å². The minimum absolute atomic E-state index is 0.0606. The highest BCUT2D eigenvalue weighted by molar-refractivity contribution is 8.03. The summed E-state index contributed by atoms with van der Waals surface area (Å²) in [6.07, 6.45) is 1.49. The standard InChI is InChI=1S/C25H22ClN3O3S/c1-3-12-32-25(31)22-16(2)28-24(20(14-27)23(22)17-8-5-4-6-9-17)33-15-21(30)29-19-11-7-10-18(26)13-19/h3-11,13,23,28H,1,12,15H2,2H3,(H,29,30). The van der Waals surface area contributed by atoms with Gasteiger partial charge in [0.15, 0.2) is 0 Å². The number of thioether (sulfide) groups is 1. The smallest absolute Gasteiger partial charge is 0.337 e. The zero-order valence-electron chi connectivity index (χ0n) is 17.9. The Hall–Kier alpha value is -3.47. The Balaban J connectivity index is 1.87. The van der Waals surface area contributed by atoms with Gasteiger partial charge in [0.05, 0.1) is 33.9 Å². The molecule has 33 heavy (non-hydrogen) atoms. The van der Waals surface area contributed by atoms with E-state index in [2.05, 4.69) is 23.3 Å². The summed E-state index contributed by atoms with van der Waals surface area (Å²) in [5.74, 6) is -1.33. The predicted molar refractivity (Wildman–Crippen MR) is 131 cm³/mol. The molecule has 1 amide bonds. The van der Waals surface area contributed by atoms with Crippen LogP contribution in [0.4, 0.5) is 5.69 Å². The van der Waals surface area contributed by atoms with Gasteiger partial charge in [0.1, 0.15) is 6.61 Å². The van der Waals surface area contributed by atoms with Crippen LogP contribution in [0.15, 0.2) is 89.1 Å². The highest BCUT2D eigenvalue weighted by Crippen LogP contribution is 2.40. The quantitative estimate of drug-likeness (QED) is 0.402. The van der Waals surface area contributed by atoms with Gasteiger partial charge in [-0.2, -0.15) is 5.26 Å². The number of benzene rings is 2. The van der Waals surface area contributed by atoms with Crippen LogP contribution in [0.2, 0.25) is 5.02 Å². The maximum atomic E-state index is 12.8. The van der Waals surface area contributed by atoms with Crippen molar-refractivity contribution in [2.24, 2.45) is 0 Å². The molecule has 0 aromatic heterocycles. The third-order valence-corrected chi connectivity index (χ3v) is 6.04. The lowest BCUT2D eigenvalue weighted by molar-refractivity contribution is -0.138. The van der Waals surface area contributed by atoms with E-state index in [1.807, 2.05) is 30.3 Å². The van der Waals surface area contributed by atoms with Crippen molar-refractivity contribution in [2.75, 3.05) is 17.7 Å². The second-order valence-electron chi connectivity index (χ2n) is 7.10. The van der Waals surface area contributed by atoms with Crippen LogP contribution in [-0.4, -0.2) is 24.2 Å². The van der Waals surface area contributed by atoms with E-state index >= 15 is 0 Å². The van der Waals surface area contributed by atoms with Crippen molar-refractivity contribution in [3.8, 4) is 6.07 Å². The molecule has 6 nitrogen and oxygen atoms in total. The fraction of sp³-hybridized carbons (Fsp3) is 0.160. The molecule has 2 aromatic rings. The van der Waals surface area contributed by atoms with Crippen molar-refractivity contribution in [1.82, 2.24) is 5.32 Å². The third-order valence-electron chi connectivity index (χ3n) is 4.79. The lowest BCUT2D eigenvalue weighted by Crippen LogP contribution is -2.29. The molecule has 1 atom stereocenters. The van der Waals surface area contributed by atoms with Gasteiger partial charge >= 0.3 is 5.97 Å². The Morgan fingerprint density at radius 1 is 1.27 bits per heavy atom. The molecule has 168 valence electrons. The number of esters is 1. The number of ether oxygens (including phenoxy) is 1. The molecule has 8 heteroatoms. The summed E-state index contributed by atoms with van der Waals surface area (Å²) in [5, 5.41) is 17.0. The molecule has 1 aliphatic rings. The Morgan fingerprint density at radius 3 is 2.70 bits per heavy atom. The first-order chi connectivity index (χ1) is 15.9. The number of hydrogen-bond acceptors (Lipinski definition) is 6. The highest BCUT2D eigenvalue weighted by Gasteiger charge is 2.35. The van der Waals surface area contributed by atoms with E-state index in [0.717, 1.165) is 5.56 Å². The number of dihydropyridines is 1. The first-order valence-corrected chi connectivity index (χ1v) is 11.4. The van der Waals surface area contributed by atoms with Crippen LogP contribution in [0, 0.1) is 11.3 Å². The van der Waals surface area contributed by atoms with Crippen LogP contribution in [0.3, 0.4) is 0 Å². The van der Waals surface area contributed by atoms with Crippen molar-refractivity contribution < 1.29 is 14.3 Å². The summed E-state index contributed by atoms with van der Waals surface area (Å²) >= 11 is 7.16. The first kappa shape index (κ1) is 24.2. The molecule has 1 aliphatic heterocycles. The molecule has 0 spiro atoms. The Bertz CT molecular complexity index is 1170. The molecule has 0 saturated heterocycles. The maximum Gasteiger partial charge on any atom is 0.337 e. The number of anilines is 1. The molecule has 2 N–H and O–H groups in total. The van der Waals surface area contributed by atoms with E-state index in [1.54, 1.807) is 31.2 Å². The number of allylic oxidation sites excluding steroid dienone is 2. The minimum Gasteiger partial charge on any atom is -0.458 e. The molecule has 1 heterocycles. The molecule has 0 fully saturated rings. The summed E-state index contributed by atoms with van der Waals surface area (Å²) in [7, 11) is 0. The van der Waals surface area contributed by atoms with Gasteiger partial charge in [0.2, 0.25) is 5.91 Å². The van der Waals surface area contributed by atoms with E-state index < -0.39 is 11.9 Å². The lowest BCUT2D eigenvalue weighted by atomic mass is 9.82. The summed E-state index contributed by atoms with van der Waals surface area (Å²) in [4.78, 5) is 25.3. The number of nitrogens with zero attached hydrogens (tertiary/aromatic N) is 1. The summed E-state index contributed by atoms with van der Waals surface area (Å²) in [5.41, 5.74) is 2.63. The van der Waals surface area contributed by atoms with Crippen molar-refractivity contribution in [2.45, 2.75) is 12.8 Å². The lowest BCUT2D eigenvalue weighted by Gasteiger charge is -2.29. The van der Waals surface area contributed by atoms with Gasteiger partial charge in [-0.3, -0.25) is 4.79 Å². The van der Waals surface area contributed by atoms with Crippen molar-refractivity contribution in [3.05, 3.63) is 99.7 Å².